The van der Waals surface area contributed by atoms with E-state index in [0.717, 1.165) is 4.90 Å². The normalized spacial score (nSPS) is 8.50. The Kier molecular flexibility index (Phi) is 19.2. The number of guanidine groups is 1. The molecule has 0 aromatic rings. The van der Waals surface area contributed by atoms with Crippen LogP contribution in [0.5, 0.6) is 0 Å². The summed E-state index contributed by atoms with van der Waals surface area (Å²) in [5, 5.41) is 14.9. The fourth-order valence-corrected chi connectivity index (χ4v) is 0.288. The summed E-state index contributed by atoms with van der Waals surface area (Å²) >= 11 is 0. The molecule has 0 heterocycles. The van der Waals surface area contributed by atoms with Gasteiger partial charge in [0, 0.05) is 7.05 Å². The van der Waals surface area contributed by atoms with Gasteiger partial charge in [0.1, 0.15) is 6.54 Å². The topological polar surface area (TPSA) is 177 Å². The largest absolute Gasteiger partial charge is 2.00 e. The summed E-state index contributed by atoms with van der Waals surface area (Å²) in [6.07, 6.45) is 0. The Hall–Kier alpha value is 0.616. The second kappa shape index (κ2) is 12.1. The van der Waals surface area contributed by atoms with E-state index in [-0.39, 0.29) is 65.1 Å². The smallest absolute Gasteiger partial charge is 0.822 e. The maximum atomic E-state index is 9.92. The van der Waals surface area contributed by atoms with E-state index < -0.39 is 13.8 Å². The first-order valence-electron chi connectivity index (χ1n) is 3.04. The first kappa shape index (κ1) is 25.5. The molecule has 0 bridgehead atoms. The summed E-state index contributed by atoms with van der Waals surface area (Å²) in [6, 6.07) is 0. The molecule has 12 heteroatoms. The molecule has 0 aromatic carbocycles. The number of hydrogen-bond acceptors (Lipinski definition) is 6. The summed E-state index contributed by atoms with van der Waals surface area (Å²) < 4.78 is 8.55. The molecule has 0 aliphatic heterocycles. The minimum Gasteiger partial charge on any atom is -0.822 e. The summed E-state index contributed by atoms with van der Waals surface area (Å²) in [7, 11) is -3.95. The average molecular weight is 273 g/mol. The van der Waals surface area contributed by atoms with Crippen LogP contribution in [-0.4, -0.2) is 58.6 Å². The van der Waals surface area contributed by atoms with Crippen LogP contribution in [0, 0.1) is 5.41 Å². The predicted molar refractivity (Wildman–Crippen MR) is 45.5 cm³/mol. The van der Waals surface area contributed by atoms with Crippen molar-refractivity contribution in [1.82, 2.24) is 4.90 Å². The van der Waals surface area contributed by atoms with Gasteiger partial charge in [0.25, 0.3) is 0 Å². The average Bonchev–Trinajstić information content (AvgIpc) is 1.80. The van der Waals surface area contributed by atoms with E-state index in [0.29, 0.717) is 0 Å². The summed E-state index contributed by atoms with van der Waals surface area (Å²) in [4.78, 5) is 36.7. The zero-order chi connectivity index (χ0) is 11.9. The number of carbonyl (C=O) groups is 1. The quantitative estimate of drug-likeness (QED) is 0.192. The van der Waals surface area contributed by atoms with Crippen LogP contribution in [0.2, 0.25) is 0 Å². The van der Waals surface area contributed by atoms with Crippen molar-refractivity contribution in [3.8, 4) is 0 Å². The summed E-state index contributed by atoms with van der Waals surface area (Å²) in [6.45, 7) is -0.227. The Labute approximate surface area is 130 Å². The monoisotopic (exact) mass is 273 g/mol. The number of phosphoric acid groups is 1. The summed E-state index contributed by atoms with van der Waals surface area (Å²) in [5.74, 6) is -1.23. The van der Waals surface area contributed by atoms with Gasteiger partial charge in [-0.2, -0.15) is 7.82 Å². The van der Waals surface area contributed by atoms with Gasteiger partial charge in [-0.3, -0.25) is 10.2 Å². The number of likely N-dealkylation sites (N-methyl/N-ethyl adjacent to an activating group) is 1. The van der Waals surface area contributed by atoms with E-state index in [2.05, 4.69) is 0 Å². The van der Waals surface area contributed by atoms with Crippen molar-refractivity contribution in [1.29, 1.82) is 5.41 Å². The first-order chi connectivity index (χ1) is 6.04. The van der Waals surface area contributed by atoms with Crippen LogP contribution in [0.1, 0.15) is 0 Å². The molecule has 0 radical (unpaired) electrons. The molecule has 0 amide bonds. The molecule has 0 aliphatic rings. The molecular formula is C4H9MgN3NaO6P. The third-order valence-corrected chi connectivity index (χ3v) is 0.784. The van der Waals surface area contributed by atoms with Crippen molar-refractivity contribution in [3.05, 3.63) is 0 Å². The van der Waals surface area contributed by atoms with Crippen LogP contribution in [0.15, 0.2) is 0 Å². The van der Waals surface area contributed by atoms with Gasteiger partial charge in [-0.25, -0.2) is 0 Å². The zero-order valence-electron chi connectivity index (χ0n) is 8.87. The standard InChI is InChI=1S/C4H9N3O2.Mg.Na.H3O4P/c1-7(4(5)6)2-3(8)9;;;1-5(2,3)4/h2H2,1H3,(H3,5,6)(H,8,9);;;(H3,1,2,3,4)/q;+2;+1;/p-3. The van der Waals surface area contributed by atoms with E-state index in [4.69, 9.17) is 35.5 Å². The minimum atomic E-state index is -5.39. The van der Waals surface area contributed by atoms with Crippen molar-refractivity contribution >= 4 is 42.8 Å². The number of nitrogens with two attached hydrogens (primary N) is 1. The Morgan fingerprint density at radius 2 is 1.75 bits per heavy atom. The fraction of sp³-hybridized carbons (Fsp3) is 0.500. The maximum absolute atomic E-state index is 9.92. The molecule has 0 aromatic heterocycles. The Morgan fingerprint density at radius 3 is 1.81 bits per heavy atom. The Bertz CT molecular complexity index is 252. The Morgan fingerprint density at radius 1 is 1.50 bits per heavy atom. The van der Waals surface area contributed by atoms with Crippen molar-refractivity contribution in [2.45, 2.75) is 0 Å². The fourth-order valence-electron chi connectivity index (χ4n) is 0.288. The zero-order valence-corrected chi connectivity index (χ0v) is 13.2. The van der Waals surface area contributed by atoms with Crippen LogP contribution in [0.4, 0.5) is 0 Å². The molecule has 9 nitrogen and oxygen atoms in total. The molecule has 16 heavy (non-hydrogen) atoms. The van der Waals surface area contributed by atoms with Crippen molar-refractivity contribution < 1.29 is 58.7 Å². The molecule has 0 aliphatic carbocycles. The third-order valence-electron chi connectivity index (χ3n) is 0.784. The molecule has 0 atom stereocenters. The number of carboxylic acid groups (broad SMARTS) is 1. The molecule has 4 N–H and O–H groups in total. The van der Waals surface area contributed by atoms with Crippen LogP contribution in [0.3, 0.4) is 0 Å². The number of rotatable bonds is 2. The SMILES string of the molecule is CN(CC(=O)O)C(=N)N.O=P([O-])([O-])[O-].[Mg+2].[Na+]. The number of nitrogens with zero attached hydrogens (tertiary/aromatic N) is 1. The first-order valence-corrected chi connectivity index (χ1v) is 4.50. The predicted octanol–water partition coefficient (Wildman–Crippen LogP) is -7.31. The molecule has 0 unspecified atom stereocenters. The van der Waals surface area contributed by atoms with E-state index in [9.17, 15) is 4.79 Å². The maximum Gasteiger partial charge on any atom is 2.00 e. The number of nitrogens with one attached hydrogen (secondary N) is 1. The van der Waals surface area contributed by atoms with Gasteiger partial charge >= 0.3 is 58.6 Å². The number of aliphatic carboxylic acids is 1. The second-order valence-electron chi connectivity index (χ2n) is 2.08. The minimum absolute atomic E-state index is 0. The van der Waals surface area contributed by atoms with E-state index in [1.165, 1.54) is 7.05 Å². The van der Waals surface area contributed by atoms with Crippen molar-refractivity contribution in [2.24, 2.45) is 5.73 Å². The molecule has 0 saturated heterocycles. The number of carboxylic acids is 1. The van der Waals surface area contributed by atoms with Gasteiger partial charge in [-0.15, -0.1) is 0 Å². The van der Waals surface area contributed by atoms with Crippen LogP contribution >= 0.6 is 7.82 Å². The molecule has 84 valence electrons. The van der Waals surface area contributed by atoms with Gasteiger partial charge in [-0.05, 0) is 0 Å². The molecule has 0 rings (SSSR count). The van der Waals surface area contributed by atoms with Crippen LogP contribution < -0.4 is 50.0 Å². The van der Waals surface area contributed by atoms with Gasteiger partial charge in [0.05, 0.1) is 0 Å². The van der Waals surface area contributed by atoms with Gasteiger partial charge in [-0.1, -0.05) is 0 Å². The van der Waals surface area contributed by atoms with Crippen LogP contribution in [0.25, 0.3) is 0 Å². The molecule has 0 saturated carbocycles. The van der Waals surface area contributed by atoms with E-state index >= 15 is 0 Å². The van der Waals surface area contributed by atoms with E-state index in [1.54, 1.807) is 0 Å². The van der Waals surface area contributed by atoms with Crippen LogP contribution in [-0.2, 0) is 9.36 Å². The number of hydrogen-bond donors (Lipinski definition) is 3. The third kappa shape index (κ3) is 36.5. The summed E-state index contributed by atoms with van der Waals surface area (Å²) in [5.41, 5.74) is 4.93. The molecular weight excluding hydrogens is 264 g/mol. The van der Waals surface area contributed by atoms with Crippen molar-refractivity contribution in [2.75, 3.05) is 13.6 Å². The van der Waals surface area contributed by atoms with Gasteiger partial charge in [0.15, 0.2) is 5.96 Å². The van der Waals surface area contributed by atoms with E-state index in [1.807, 2.05) is 0 Å². The van der Waals surface area contributed by atoms with Gasteiger partial charge in [0.2, 0.25) is 0 Å². The van der Waals surface area contributed by atoms with Crippen molar-refractivity contribution in [3.63, 3.8) is 0 Å². The molecule has 0 fully saturated rings. The molecule has 0 spiro atoms. The van der Waals surface area contributed by atoms with Gasteiger partial charge < -0.3 is 35.0 Å². The Balaban J connectivity index is -0.0000000904. The second-order valence-corrected chi connectivity index (χ2v) is 2.98.